The molecule has 1 aromatic heterocycles. The number of rotatable bonds is 10. The number of carbonyl (C=O) groups is 2. The second-order valence-electron chi connectivity index (χ2n) is 13.9. The van der Waals surface area contributed by atoms with Crippen LogP contribution in [0.15, 0.2) is 60.7 Å². The number of aromatic amines is 1. The Morgan fingerprint density at radius 1 is 0.956 bits per heavy atom. The highest BCUT2D eigenvalue weighted by molar-refractivity contribution is 5.95. The number of benzene rings is 3. The van der Waals surface area contributed by atoms with Crippen LogP contribution < -0.4 is 5.32 Å². The van der Waals surface area contributed by atoms with Crippen molar-refractivity contribution in [3.8, 4) is 11.3 Å². The van der Waals surface area contributed by atoms with Crippen LogP contribution in [0.4, 0.5) is 0 Å². The van der Waals surface area contributed by atoms with Crippen LogP contribution >= 0.6 is 0 Å². The molecule has 2 aliphatic heterocycles. The molecule has 0 saturated carbocycles. The van der Waals surface area contributed by atoms with E-state index in [-0.39, 0.29) is 17.8 Å². The topological polar surface area (TPSA) is 74.4 Å². The summed E-state index contributed by atoms with van der Waals surface area (Å²) in [6.07, 6.45) is 5.46. The SMILES string of the molecule is COC(=O)c1ccc(CCNC[C@H](C)c2c(-c3cc(C)cc(C)c3)[nH]c3ccc(C(C)(C)C(=O)N4C5CCC4CC5)cc23)cc1. The number of aryl methyl sites for hydroxylation is 2. The summed E-state index contributed by atoms with van der Waals surface area (Å²) in [6, 6.07) is 21.8. The first-order valence-corrected chi connectivity index (χ1v) is 16.5. The highest BCUT2D eigenvalue weighted by Gasteiger charge is 2.47. The number of nitrogens with zero attached hydrogens (tertiary/aromatic N) is 1. The molecular weight excluding hydrogens is 558 g/mol. The van der Waals surface area contributed by atoms with Gasteiger partial charge in [0, 0.05) is 29.5 Å². The van der Waals surface area contributed by atoms with Crippen molar-refractivity contribution >= 4 is 22.8 Å². The van der Waals surface area contributed by atoms with Crippen LogP contribution in [0.1, 0.15) is 90.5 Å². The van der Waals surface area contributed by atoms with Gasteiger partial charge in [-0.05, 0) is 131 Å². The molecule has 1 atom stereocenters. The molecule has 0 spiro atoms. The molecule has 2 bridgehead atoms. The zero-order chi connectivity index (χ0) is 31.9. The maximum absolute atomic E-state index is 14.0. The van der Waals surface area contributed by atoms with Gasteiger partial charge in [-0.3, -0.25) is 4.79 Å². The fourth-order valence-electron chi connectivity index (χ4n) is 7.73. The van der Waals surface area contributed by atoms with Gasteiger partial charge in [0.2, 0.25) is 5.91 Å². The molecular formula is C39H47N3O3. The molecule has 0 radical (unpaired) electrons. The predicted octanol–water partition coefficient (Wildman–Crippen LogP) is 7.61. The molecule has 6 nitrogen and oxygen atoms in total. The number of nitrogens with one attached hydrogen (secondary N) is 2. The van der Waals surface area contributed by atoms with Gasteiger partial charge >= 0.3 is 5.97 Å². The number of ether oxygens (including phenoxy) is 1. The molecule has 2 fully saturated rings. The molecule has 1 amide bonds. The van der Waals surface area contributed by atoms with Gasteiger partial charge in [0.05, 0.1) is 23.8 Å². The van der Waals surface area contributed by atoms with Gasteiger partial charge < -0.3 is 19.9 Å². The van der Waals surface area contributed by atoms with Crippen LogP contribution in [0.3, 0.4) is 0 Å². The van der Waals surface area contributed by atoms with Gasteiger partial charge in [-0.2, -0.15) is 0 Å². The molecule has 2 N–H and O–H groups in total. The Kier molecular flexibility index (Phi) is 8.62. The van der Waals surface area contributed by atoms with E-state index in [0.717, 1.165) is 62.0 Å². The minimum Gasteiger partial charge on any atom is -0.465 e. The zero-order valence-corrected chi connectivity index (χ0v) is 27.6. The first kappa shape index (κ1) is 31.1. The van der Waals surface area contributed by atoms with Gasteiger partial charge in [-0.15, -0.1) is 0 Å². The Morgan fingerprint density at radius 3 is 2.22 bits per heavy atom. The van der Waals surface area contributed by atoms with Crippen molar-refractivity contribution in [2.75, 3.05) is 20.2 Å². The lowest BCUT2D eigenvalue weighted by atomic mass is 9.81. The van der Waals surface area contributed by atoms with E-state index in [1.165, 1.54) is 40.3 Å². The van der Waals surface area contributed by atoms with E-state index >= 15 is 0 Å². The summed E-state index contributed by atoms with van der Waals surface area (Å²) in [7, 11) is 1.40. The van der Waals surface area contributed by atoms with E-state index in [9.17, 15) is 9.59 Å². The smallest absolute Gasteiger partial charge is 0.337 e. The Morgan fingerprint density at radius 2 is 1.60 bits per heavy atom. The van der Waals surface area contributed by atoms with Crippen molar-refractivity contribution in [1.82, 2.24) is 15.2 Å². The third-order valence-corrected chi connectivity index (χ3v) is 10.2. The minimum atomic E-state index is -0.598. The normalized spacial score (nSPS) is 18.5. The van der Waals surface area contributed by atoms with Crippen LogP contribution in [0, 0.1) is 13.8 Å². The molecule has 6 rings (SSSR count). The Labute approximate surface area is 267 Å². The van der Waals surface area contributed by atoms with Crippen molar-refractivity contribution in [1.29, 1.82) is 0 Å². The second-order valence-corrected chi connectivity index (χ2v) is 13.9. The van der Waals surface area contributed by atoms with Crippen LogP contribution in [-0.4, -0.2) is 54.0 Å². The van der Waals surface area contributed by atoms with E-state index in [4.69, 9.17) is 4.74 Å². The lowest BCUT2D eigenvalue weighted by Crippen LogP contribution is -2.45. The fourth-order valence-corrected chi connectivity index (χ4v) is 7.73. The molecule has 3 heterocycles. The average molecular weight is 606 g/mol. The molecule has 45 heavy (non-hydrogen) atoms. The Balaban J connectivity index is 1.28. The number of amides is 1. The number of esters is 1. The Hall–Kier alpha value is -3.90. The summed E-state index contributed by atoms with van der Waals surface area (Å²) < 4.78 is 4.82. The van der Waals surface area contributed by atoms with E-state index < -0.39 is 5.41 Å². The maximum atomic E-state index is 14.0. The number of hydrogen-bond donors (Lipinski definition) is 2. The van der Waals surface area contributed by atoms with E-state index in [1.54, 1.807) is 0 Å². The van der Waals surface area contributed by atoms with Crippen molar-refractivity contribution < 1.29 is 14.3 Å². The average Bonchev–Trinajstić information content (AvgIpc) is 3.74. The number of fused-ring (bicyclic) bond motifs is 3. The highest BCUT2D eigenvalue weighted by Crippen LogP contribution is 2.42. The highest BCUT2D eigenvalue weighted by atomic mass is 16.5. The number of methoxy groups -OCH3 is 1. The number of carbonyl (C=O) groups excluding carboxylic acids is 2. The summed E-state index contributed by atoms with van der Waals surface area (Å²) in [5, 5.41) is 4.88. The predicted molar refractivity (Wildman–Crippen MR) is 182 cm³/mol. The van der Waals surface area contributed by atoms with Gasteiger partial charge in [0.25, 0.3) is 0 Å². The number of H-pyrrole nitrogens is 1. The standard InChI is InChI=1S/C39H47N3O3/c1-24-19-25(2)21-29(20-24)36-35(26(3)23-40-18-17-27-7-9-28(10-8-27)37(43)45-6)33-22-30(11-16-34(33)41-36)39(4,5)38(44)42-31-12-13-32(42)15-14-31/h7-11,16,19-22,26,31-32,40-41H,12-15,17-18,23H2,1-6H3/t26-,31?,32?/m0/s1. The quantitative estimate of drug-likeness (QED) is 0.144. The number of hydrogen-bond acceptors (Lipinski definition) is 4. The molecule has 6 heteroatoms. The molecule has 0 unspecified atom stereocenters. The molecule has 2 aliphatic rings. The Bertz CT molecular complexity index is 1680. The first-order valence-electron chi connectivity index (χ1n) is 16.5. The summed E-state index contributed by atoms with van der Waals surface area (Å²) in [5.41, 5.74) is 9.45. The third-order valence-electron chi connectivity index (χ3n) is 10.2. The van der Waals surface area contributed by atoms with Crippen LogP contribution in [0.5, 0.6) is 0 Å². The van der Waals surface area contributed by atoms with Crippen LogP contribution in [0.25, 0.3) is 22.2 Å². The summed E-state index contributed by atoms with van der Waals surface area (Å²) >= 11 is 0. The molecule has 236 valence electrons. The van der Waals surface area contributed by atoms with E-state index in [0.29, 0.717) is 17.6 Å². The second kappa shape index (κ2) is 12.5. The minimum absolute atomic E-state index is 0.222. The van der Waals surface area contributed by atoms with Crippen molar-refractivity contribution in [3.05, 3.63) is 94.0 Å². The van der Waals surface area contributed by atoms with E-state index in [2.05, 4.69) is 86.2 Å². The summed E-state index contributed by atoms with van der Waals surface area (Å²) in [4.78, 5) is 31.8. The molecule has 2 saturated heterocycles. The molecule has 3 aromatic carbocycles. The van der Waals surface area contributed by atoms with Crippen molar-refractivity contribution in [2.24, 2.45) is 0 Å². The lowest BCUT2D eigenvalue weighted by Gasteiger charge is -2.33. The zero-order valence-electron chi connectivity index (χ0n) is 27.6. The van der Waals surface area contributed by atoms with E-state index in [1.807, 2.05) is 24.3 Å². The first-order chi connectivity index (χ1) is 21.6. The summed E-state index contributed by atoms with van der Waals surface area (Å²) in [6.45, 7) is 12.4. The molecule has 0 aliphatic carbocycles. The van der Waals surface area contributed by atoms with Gasteiger partial charge in [0.15, 0.2) is 0 Å². The van der Waals surface area contributed by atoms with Gasteiger partial charge in [0.1, 0.15) is 0 Å². The van der Waals surface area contributed by atoms with Crippen LogP contribution in [0.2, 0.25) is 0 Å². The maximum Gasteiger partial charge on any atom is 0.337 e. The molecule has 4 aromatic rings. The monoisotopic (exact) mass is 605 g/mol. The van der Waals surface area contributed by atoms with Crippen molar-refractivity contribution in [2.45, 2.75) is 90.1 Å². The summed E-state index contributed by atoms with van der Waals surface area (Å²) in [5.74, 6) is 0.179. The largest absolute Gasteiger partial charge is 0.465 e. The van der Waals surface area contributed by atoms with Crippen LogP contribution in [-0.2, 0) is 21.4 Å². The fraction of sp³-hybridized carbons (Fsp3) is 0.436. The van der Waals surface area contributed by atoms with Crippen molar-refractivity contribution in [3.63, 3.8) is 0 Å². The third kappa shape index (κ3) is 6.05. The van der Waals surface area contributed by atoms with Gasteiger partial charge in [-0.1, -0.05) is 42.3 Å². The van der Waals surface area contributed by atoms with Gasteiger partial charge in [-0.25, -0.2) is 4.79 Å². The lowest BCUT2D eigenvalue weighted by molar-refractivity contribution is -0.137. The number of aromatic nitrogens is 1.